The van der Waals surface area contributed by atoms with Gasteiger partial charge in [0.2, 0.25) is 0 Å². The van der Waals surface area contributed by atoms with Crippen molar-refractivity contribution >= 4 is 27.0 Å². The highest BCUT2D eigenvalue weighted by molar-refractivity contribution is 7.94. The van der Waals surface area contributed by atoms with E-state index < -0.39 is 10.0 Å². The van der Waals surface area contributed by atoms with Crippen LogP contribution in [0.2, 0.25) is 0 Å². The first-order valence-corrected chi connectivity index (χ1v) is 8.78. The molecule has 2 N–H and O–H groups in total. The minimum atomic E-state index is -3.77. The summed E-state index contributed by atoms with van der Waals surface area (Å²) in [5, 5.41) is 9.69. The van der Waals surface area contributed by atoms with Crippen LogP contribution >= 0.6 is 11.3 Å². The third kappa shape index (κ3) is 3.49. The van der Waals surface area contributed by atoms with Gasteiger partial charge in [-0.1, -0.05) is 0 Å². The van der Waals surface area contributed by atoms with Gasteiger partial charge in [0.05, 0.1) is 6.20 Å². The van der Waals surface area contributed by atoms with Gasteiger partial charge in [0.1, 0.15) is 16.6 Å². The Labute approximate surface area is 136 Å². The summed E-state index contributed by atoms with van der Waals surface area (Å²) in [6.45, 7) is 0. The third-order valence-electron chi connectivity index (χ3n) is 2.96. The Hall–Kier alpha value is -2.45. The van der Waals surface area contributed by atoms with Crippen molar-refractivity contribution in [1.29, 1.82) is 0 Å². The number of halogens is 1. The lowest BCUT2D eigenvalue weighted by Gasteiger charge is -2.05. The summed E-state index contributed by atoms with van der Waals surface area (Å²) in [5.41, 5.74) is 0.974. The topological polar surface area (TPSA) is 79.3 Å². The minimum Gasteiger partial charge on any atom is -0.508 e. The average molecular weight is 350 g/mol. The molecular weight excluding hydrogens is 339 g/mol. The number of sulfonamides is 1. The zero-order valence-electron chi connectivity index (χ0n) is 11.6. The molecule has 0 fully saturated rings. The second kappa shape index (κ2) is 5.98. The number of anilines is 1. The summed E-state index contributed by atoms with van der Waals surface area (Å²) in [6, 6.07) is 11.3. The van der Waals surface area contributed by atoms with Crippen LogP contribution in [0.5, 0.6) is 5.75 Å². The van der Waals surface area contributed by atoms with Crippen LogP contribution in [0.1, 0.15) is 0 Å². The van der Waals surface area contributed by atoms with Gasteiger partial charge in [0, 0.05) is 11.3 Å². The van der Waals surface area contributed by atoms with Crippen LogP contribution in [0.3, 0.4) is 0 Å². The SMILES string of the molecule is O=S(=O)(Nc1ccc(O)cc1)c1cnc(-c2ccc(F)cc2)s1. The van der Waals surface area contributed by atoms with Crippen molar-refractivity contribution in [3.05, 3.63) is 60.5 Å². The average Bonchev–Trinajstić information content (AvgIpc) is 3.01. The van der Waals surface area contributed by atoms with Crippen molar-refractivity contribution in [2.24, 2.45) is 0 Å². The van der Waals surface area contributed by atoms with E-state index in [9.17, 15) is 17.9 Å². The number of phenols is 1. The first-order chi connectivity index (χ1) is 10.9. The van der Waals surface area contributed by atoms with Gasteiger partial charge < -0.3 is 5.11 Å². The van der Waals surface area contributed by atoms with Gasteiger partial charge >= 0.3 is 0 Å². The summed E-state index contributed by atoms with van der Waals surface area (Å²) in [5.74, 6) is -0.323. The third-order valence-corrected chi connectivity index (χ3v) is 5.85. The number of nitrogens with one attached hydrogen (secondary N) is 1. The molecule has 0 aliphatic carbocycles. The number of phenolic OH excluding ortho intramolecular Hbond substituents is 1. The lowest BCUT2D eigenvalue weighted by atomic mass is 10.2. The van der Waals surface area contributed by atoms with Crippen molar-refractivity contribution in [3.8, 4) is 16.3 Å². The summed E-state index contributed by atoms with van der Waals surface area (Å²) < 4.78 is 40.0. The van der Waals surface area contributed by atoms with Gasteiger partial charge in [-0.3, -0.25) is 4.72 Å². The Bertz CT molecular complexity index is 920. The Morgan fingerprint density at radius 1 is 1.04 bits per heavy atom. The molecule has 0 spiro atoms. The fourth-order valence-corrected chi connectivity index (χ4v) is 4.04. The molecule has 0 saturated heterocycles. The quantitative estimate of drug-likeness (QED) is 0.706. The molecule has 118 valence electrons. The van der Waals surface area contributed by atoms with Crippen LogP contribution in [0.15, 0.2) is 58.9 Å². The second-order valence-electron chi connectivity index (χ2n) is 4.64. The molecule has 0 aliphatic rings. The lowest BCUT2D eigenvalue weighted by molar-refractivity contribution is 0.475. The predicted molar refractivity (Wildman–Crippen MR) is 86.4 cm³/mol. The number of rotatable bonds is 4. The van der Waals surface area contributed by atoms with Crippen molar-refractivity contribution in [2.75, 3.05) is 4.72 Å². The van der Waals surface area contributed by atoms with Gasteiger partial charge in [-0.15, -0.1) is 11.3 Å². The van der Waals surface area contributed by atoms with Gasteiger partial charge in [-0.25, -0.2) is 17.8 Å². The van der Waals surface area contributed by atoms with Crippen LogP contribution in [0.25, 0.3) is 10.6 Å². The van der Waals surface area contributed by atoms with Crippen LogP contribution in [0, 0.1) is 5.82 Å². The zero-order valence-corrected chi connectivity index (χ0v) is 13.2. The fourth-order valence-electron chi connectivity index (χ4n) is 1.84. The largest absolute Gasteiger partial charge is 0.508 e. The maximum Gasteiger partial charge on any atom is 0.273 e. The molecule has 2 aromatic carbocycles. The molecular formula is C15H11FN2O3S2. The maximum atomic E-state index is 12.9. The summed E-state index contributed by atoms with van der Waals surface area (Å²) >= 11 is 0.988. The van der Waals surface area contributed by atoms with Crippen LogP contribution < -0.4 is 4.72 Å². The van der Waals surface area contributed by atoms with Gasteiger partial charge in [-0.2, -0.15) is 0 Å². The summed E-state index contributed by atoms with van der Waals surface area (Å²) in [7, 11) is -3.77. The molecule has 0 saturated carbocycles. The molecule has 0 atom stereocenters. The molecule has 23 heavy (non-hydrogen) atoms. The van der Waals surface area contributed by atoms with Crippen molar-refractivity contribution < 1.29 is 17.9 Å². The monoisotopic (exact) mass is 350 g/mol. The van der Waals surface area contributed by atoms with E-state index in [2.05, 4.69) is 9.71 Å². The highest BCUT2D eigenvalue weighted by Gasteiger charge is 2.18. The molecule has 0 radical (unpaired) electrons. The number of aromatic nitrogens is 1. The van der Waals surface area contributed by atoms with E-state index in [0.29, 0.717) is 16.3 Å². The summed E-state index contributed by atoms with van der Waals surface area (Å²) in [6.07, 6.45) is 1.26. The van der Waals surface area contributed by atoms with E-state index >= 15 is 0 Å². The molecule has 0 amide bonds. The van der Waals surface area contributed by atoms with E-state index in [1.165, 1.54) is 54.7 Å². The van der Waals surface area contributed by atoms with E-state index in [1.54, 1.807) is 0 Å². The highest BCUT2D eigenvalue weighted by Crippen LogP contribution is 2.29. The molecule has 3 aromatic rings. The minimum absolute atomic E-state index is 0.0457. The number of hydrogen-bond donors (Lipinski definition) is 2. The standard InChI is InChI=1S/C15H11FN2O3S2/c16-11-3-1-10(2-4-11)15-17-9-14(22-15)23(20,21)18-12-5-7-13(19)8-6-12/h1-9,18-19H. The molecule has 0 bridgehead atoms. The van der Waals surface area contributed by atoms with Crippen molar-refractivity contribution in [3.63, 3.8) is 0 Å². The molecule has 0 unspecified atom stereocenters. The Balaban J connectivity index is 1.86. The van der Waals surface area contributed by atoms with Crippen LogP contribution in [0.4, 0.5) is 10.1 Å². The molecule has 3 rings (SSSR count). The number of aromatic hydroxyl groups is 1. The number of thiazole rings is 1. The van der Waals surface area contributed by atoms with E-state index in [-0.39, 0.29) is 15.8 Å². The molecule has 8 heteroatoms. The van der Waals surface area contributed by atoms with Gasteiger partial charge in [-0.05, 0) is 48.5 Å². The molecule has 5 nitrogen and oxygen atoms in total. The van der Waals surface area contributed by atoms with Crippen molar-refractivity contribution in [1.82, 2.24) is 4.98 Å². The smallest absolute Gasteiger partial charge is 0.273 e. The molecule has 1 heterocycles. The lowest BCUT2D eigenvalue weighted by Crippen LogP contribution is -2.11. The fraction of sp³-hybridized carbons (Fsp3) is 0. The van der Waals surface area contributed by atoms with E-state index in [1.807, 2.05) is 0 Å². The number of nitrogens with zero attached hydrogens (tertiary/aromatic N) is 1. The van der Waals surface area contributed by atoms with Gasteiger partial charge in [0.15, 0.2) is 4.21 Å². The van der Waals surface area contributed by atoms with E-state index in [4.69, 9.17) is 0 Å². The number of hydrogen-bond acceptors (Lipinski definition) is 5. The first-order valence-electron chi connectivity index (χ1n) is 6.48. The summed E-state index contributed by atoms with van der Waals surface area (Å²) in [4.78, 5) is 4.08. The maximum absolute atomic E-state index is 12.9. The molecule has 1 aromatic heterocycles. The first kappa shape index (κ1) is 15.4. The Morgan fingerprint density at radius 2 is 1.70 bits per heavy atom. The highest BCUT2D eigenvalue weighted by atomic mass is 32.2. The van der Waals surface area contributed by atoms with Crippen LogP contribution in [-0.4, -0.2) is 18.5 Å². The second-order valence-corrected chi connectivity index (χ2v) is 7.58. The Kier molecular flexibility index (Phi) is 4.01. The Morgan fingerprint density at radius 3 is 2.35 bits per heavy atom. The zero-order chi connectivity index (χ0) is 16.4. The molecule has 0 aliphatic heterocycles. The van der Waals surface area contributed by atoms with Crippen molar-refractivity contribution in [2.45, 2.75) is 4.21 Å². The predicted octanol–water partition coefficient (Wildman–Crippen LogP) is 3.46. The normalized spacial score (nSPS) is 11.3. The van der Waals surface area contributed by atoms with E-state index in [0.717, 1.165) is 11.3 Å². The number of benzene rings is 2. The van der Waals surface area contributed by atoms with Gasteiger partial charge in [0.25, 0.3) is 10.0 Å². The van der Waals surface area contributed by atoms with Crippen LogP contribution in [-0.2, 0) is 10.0 Å².